The lowest BCUT2D eigenvalue weighted by Gasteiger charge is -2.20. The molecular weight excluding hydrogens is 308 g/mol. The Kier molecular flexibility index (Phi) is 5.73. The number of aryl methyl sites for hydroxylation is 1. The van der Waals surface area contributed by atoms with Crippen LogP contribution in [0.3, 0.4) is 0 Å². The van der Waals surface area contributed by atoms with E-state index in [2.05, 4.69) is 46.1 Å². The summed E-state index contributed by atoms with van der Waals surface area (Å²) in [5.74, 6) is 1.39. The van der Waals surface area contributed by atoms with Gasteiger partial charge in [0.15, 0.2) is 0 Å². The number of aliphatic hydroxyl groups is 1. The first kappa shape index (κ1) is 18.9. The maximum absolute atomic E-state index is 9.48. The minimum atomic E-state index is 0.0747. The zero-order valence-corrected chi connectivity index (χ0v) is 15.9. The molecular formula is C23H28O2. The van der Waals surface area contributed by atoms with E-state index in [9.17, 15) is 5.11 Å². The van der Waals surface area contributed by atoms with Crippen molar-refractivity contribution in [1.82, 2.24) is 0 Å². The molecule has 0 atom stereocenters. The van der Waals surface area contributed by atoms with Crippen molar-refractivity contribution in [1.29, 1.82) is 0 Å². The lowest BCUT2D eigenvalue weighted by Crippen LogP contribution is -2.09. The molecule has 0 fully saturated rings. The van der Waals surface area contributed by atoms with Crippen molar-refractivity contribution in [3.63, 3.8) is 0 Å². The van der Waals surface area contributed by atoms with Crippen LogP contribution in [-0.4, -0.2) is 11.2 Å². The third-order valence-corrected chi connectivity index (χ3v) is 4.23. The highest BCUT2D eigenvalue weighted by Gasteiger charge is 2.15. The van der Waals surface area contributed by atoms with Gasteiger partial charge < -0.3 is 9.84 Å². The van der Waals surface area contributed by atoms with E-state index >= 15 is 0 Å². The molecule has 2 aromatic rings. The molecule has 2 nitrogen and oxygen atoms in total. The topological polar surface area (TPSA) is 29.5 Å². The highest BCUT2D eigenvalue weighted by molar-refractivity contribution is 5.81. The second-order valence-electron chi connectivity index (χ2n) is 7.03. The molecule has 2 aromatic carbocycles. The summed E-state index contributed by atoms with van der Waals surface area (Å²) in [6.45, 7) is 18.4. The summed E-state index contributed by atoms with van der Waals surface area (Å²) in [5, 5.41) is 9.48. The van der Waals surface area contributed by atoms with E-state index in [0.717, 1.165) is 33.6 Å². The van der Waals surface area contributed by atoms with E-state index in [1.54, 1.807) is 0 Å². The number of hydrogen-bond acceptors (Lipinski definition) is 2. The second-order valence-corrected chi connectivity index (χ2v) is 7.03. The molecule has 0 aliphatic carbocycles. The quantitative estimate of drug-likeness (QED) is 0.610. The molecule has 1 N–H and O–H groups in total. The average molecular weight is 336 g/mol. The summed E-state index contributed by atoms with van der Waals surface area (Å²) in [7, 11) is 0. The Hall–Kier alpha value is -2.48. The Balaban J connectivity index is 2.45. The Morgan fingerprint density at radius 2 is 1.52 bits per heavy atom. The molecule has 0 aromatic heterocycles. The zero-order chi connectivity index (χ0) is 18.7. The first-order valence-corrected chi connectivity index (χ1v) is 8.69. The van der Waals surface area contributed by atoms with Gasteiger partial charge in [-0.25, -0.2) is 0 Å². The molecule has 2 heteroatoms. The van der Waals surface area contributed by atoms with Gasteiger partial charge in [-0.05, 0) is 66.6 Å². The predicted molar refractivity (Wildman–Crippen MR) is 107 cm³/mol. The van der Waals surface area contributed by atoms with E-state index in [0.29, 0.717) is 5.92 Å². The largest absolute Gasteiger partial charge is 0.508 e. The van der Waals surface area contributed by atoms with Gasteiger partial charge in [0, 0.05) is 5.56 Å². The minimum Gasteiger partial charge on any atom is -0.508 e. The molecule has 0 heterocycles. The molecule has 0 spiro atoms. The van der Waals surface area contributed by atoms with Gasteiger partial charge in [-0.1, -0.05) is 51.3 Å². The average Bonchev–Trinajstić information content (AvgIpc) is 2.53. The van der Waals surface area contributed by atoms with E-state index in [1.165, 1.54) is 5.56 Å². The Labute approximate surface area is 151 Å². The third-order valence-electron chi connectivity index (χ3n) is 4.23. The molecule has 132 valence electrons. The van der Waals surface area contributed by atoms with Crippen LogP contribution in [0.1, 0.15) is 61.4 Å². The molecule has 0 saturated heterocycles. The lowest BCUT2D eigenvalue weighted by molar-refractivity contribution is 0.239. The van der Waals surface area contributed by atoms with E-state index in [-0.39, 0.29) is 11.9 Å². The fourth-order valence-electron chi connectivity index (χ4n) is 2.85. The lowest BCUT2D eigenvalue weighted by atomic mass is 9.90. The fraction of sp³-hybridized carbons (Fsp3) is 0.304. The van der Waals surface area contributed by atoms with Crippen LogP contribution in [0, 0.1) is 6.92 Å². The van der Waals surface area contributed by atoms with Gasteiger partial charge in [-0.2, -0.15) is 0 Å². The van der Waals surface area contributed by atoms with Gasteiger partial charge in [-0.15, -0.1) is 0 Å². The van der Waals surface area contributed by atoms with Crippen LogP contribution in [0.5, 0.6) is 5.75 Å². The number of hydrogen-bond donors (Lipinski definition) is 1. The van der Waals surface area contributed by atoms with Crippen LogP contribution >= 0.6 is 0 Å². The number of ether oxygens (including phenoxy) is 1. The SMILES string of the molecule is C=C(O)c1ccc(C(=C)c2cc(C(C)C)c(OC(C)C)cc2C)cc1. The Morgan fingerprint density at radius 1 is 0.960 bits per heavy atom. The molecule has 0 saturated carbocycles. The molecule has 0 aliphatic heterocycles. The second kappa shape index (κ2) is 7.60. The molecule has 0 unspecified atom stereocenters. The van der Waals surface area contributed by atoms with Gasteiger partial charge in [0.2, 0.25) is 0 Å². The van der Waals surface area contributed by atoms with Crippen molar-refractivity contribution < 1.29 is 9.84 Å². The maximum Gasteiger partial charge on any atom is 0.123 e. The summed E-state index contributed by atoms with van der Waals surface area (Å²) in [5.41, 5.74) is 6.16. The first-order chi connectivity index (χ1) is 11.7. The highest BCUT2D eigenvalue weighted by atomic mass is 16.5. The number of rotatable bonds is 6. The van der Waals surface area contributed by atoms with Crippen molar-refractivity contribution in [2.24, 2.45) is 0 Å². The Morgan fingerprint density at radius 3 is 2.00 bits per heavy atom. The van der Waals surface area contributed by atoms with Crippen LogP contribution in [0.25, 0.3) is 11.3 Å². The molecule has 0 aliphatic rings. The first-order valence-electron chi connectivity index (χ1n) is 8.69. The third kappa shape index (κ3) is 4.33. The van der Waals surface area contributed by atoms with Crippen molar-refractivity contribution in [2.75, 3.05) is 0 Å². The van der Waals surface area contributed by atoms with Gasteiger partial charge in [0.25, 0.3) is 0 Å². The monoisotopic (exact) mass is 336 g/mol. The maximum atomic E-state index is 9.48. The highest BCUT2D eigenvalue weighted by Crippen LogP contribution is 2.35. The van der Waals surface area contributed by atoms with Crippen molar-refractivity contribution in [2.45, 2.75) is 46.6 Å². The standard InChI is InChI=1S/C23H28O2/c1-14(2)21-13-22(16(5)12-23(21)25-15(3)4)17(6)19-8-10-20(11-9-19)18(7)24/h8-15,24H,6-7H2,1-5H3. The molecule has 0 amide bonds. The summed E-state index contributed by atoms with van der Waals surface area (Å²) in [6, 6.07) is 12.0. The van der Waals surface area contributed by atoms with Crippen LogP contribution in [-0.2, 0) is 0 Å². The summed E-state index contributed by atoms with van der Waals surface area (Å²) in [6.07, 6.45) is 0.144. The number of aliphatic hydroxyl groups excluding tert-OH is 1. The normalized spacial score (nSPS) is 11.0. The summed E-state index contributed by atoms with van der Waals surface area (Å²) in [4.78, 5) is 0. The number of benzene rings is 2. The zero-order valence-electron chi connectivity index (χ0n) is 15.9. The molecule has 2 rings (SSSR count). The minimum absolute atomic E-state index is 0.0747. The van der Waals surface area contributed by atoms with Crippen LogP contribution in [0.15, 0.2) is 49.6 Å². The summed E-state index contributed by atoms with van der Waals surface area (Å²) >= 11 is 0. The van der Waals surface area contributed by atoms with E-state index in [1.807, 2.05) is 38.1 Å². The molecule has 0 bridgehead atoms. The van der Waals surface area contributed by atoms with E-state index in [4.69, 9.17) is 4.74 Å². The Bertz CT molecular complexity index is 780. The van der Waals surface area contributed by atoms with Crippen molar-refractivity contribution >= 4 is 11.3 Å². The van der Waals surface area contributed by atoms with Gasteiger partial charge in [0.1, 0.15) is 11.5 Å². The smallest absolute Gasteiger partial charge is 0.123 e. The van der Waals surface area contributed by atoms with Gasteiger partial charge >= 0.3 is 0 Å². The molecule has 25 heavy (non-hydrogen) atoms. The van der Waals surface area contributed by atoms with Gasteiger partial charge in [0.05, 0.1) is 6.10 Å². The van der Waals surface area contributed by atoms with E-state index < -0.39 is 0 Å². The summed E-state index contributed by atoms with van der Waals surface area (Å²) < 4.78 is 6.00. The van der Waals surface area contributed by atoms with Gasteiger partial charge in [-0.3, -0.25) is 0 Å². The predicted octanol–water partition coefficient (Wildman–Crippen LogP) is 6.50. The van der Waals surface area contributed by atoms with Crippen LogP contribution in [0.4, 0.5) is 0 Å². The van der Waals surface area contributed by atoms with Crippen molar-refractivity contribution in [3.8, 4) is 5.75 Å². The molecule has 0 radical (unpaired) electrons. The van der Waals surface area contributed by atoms with Crippen LogP contribution in [0.2, 0.25) is 0 Å². The van der Waals surface area contributed by atoms with Crippen LogP contribution < -0.4 is 4.74 Å². The van der Waals surface area contributed by atoms with Crippen molar-refractivity contribution in [3.05, 3.63) is 77.4 Å². The fourth-order valence-corrected chi connectivity index (χ4v) is 2.85.